The zero-order valence-electron chi connectivity index (χ0n) is 14.4. The van der Waals surface area contributed by atoms with Gasteiger partial charge in [0.15, 0.2) is 5.78 Å². The van der Waals surface area contributed by atoms with Crippen LogP contribution >= 0.6 is 0 Å². The molecule has 3 nitrogen and oxygen atoms in total. The first kappa shape index (κ1) is 17.8. The number of aryl methyl sites for hydroxylation is 1. The Morgan fingerprint density at radius 2 is 1.75 bits per heavy atom. The van der Waals surface area contributed by atoms with Gasteiger partial charge in [-0.3, -0.25) is 4.79 Å². The maximum Gasteiger partial charge on any atom is 0.187 e. The van der Waals surface area contributed by atoms with Gasteiger partial charge in [-0.1, -0.05) is 32.4 Å². The summed E-state index contributed by atoms with van der Waals surface area (Å²) < 4.78 is 5.60. The van der Waals surface area contributed by atoms with Crippen molar-refractivity contribution in [3.8, 4) is 5.75 Å². The number of benzene rings is 2. The highest BCUT2D eigenvalue weighted by atomic mass is 16.5. The maximum atomic E-state index is 12.1. The number of allylic oxidation sites excluding steroid dienone is 1. The molecule has 0 unspecified atom stereocenters. The van der Waals surface area contributed by atoms with E-state index in [1.165, 1.54) is 5.56 Å². The molecule has 0 bridgehead atoms. The molecule has 1 N–H and O–H groups in total. The van der Waals surface area contributed by atoms with Crippen LogP contribution in [0.2, 0.25) is 0 Å². The number of hydrogen-bond donors (Lipinski definition) is 1. The van der Waals surface area contributed by atoms with Crippen molar-refractivity contribution in [2.45, 2.75) is 33.1 Å². The zero-order chi connectivity index (χ0) is 17.2. The SMILES string of the molecule is CCCCOc1ccc(C(=O)/C=C/Nc2ccc(CC)cc2)cc1. The van der Waals surface area contributed by atoms with Crippen molar-refractivity contribution in [1.29, 1.82) is 0 Å². The zero-order valence-corrected chi connectivity index (χ0v) is 14.4. The summed E-state index contributed by atoms with van der Waals surface area (Å²) in [5, 5.41) is 3.12. The van der Waals surface area contributed by atoms with E-state index in [0.717, 1.165) is 30.7 Å². The Labute approximate surface area is 144 Å². The Balaban J connectivity index is 1.86. The molecule has 2 rings (SSSR count). The van der Waals surface area contributed by atoms with Gasteiger partial charge in [0.05, 0.1) is 6.61 Å². The first-order valence-corrected chi connectivity index (χ1v) is 8.52. The molecule has 0 fully saturated rings. The Bertz CT molecular complexity index is 657. The van der Waals surface area contributed by atoms with E-state index in [-0.39, 0.29) is 5.78 Å². The number of rotatable bonds is 9. The molecule has 3 heteroatoms. The Morgan fingerprint density at radius 1 is 1.04 bits per heavy atom. The normalized spacial score (nSPS) is 10.8. The van der Waals surface area contributed by atoms with Crippen LogP contribution < -0.4 is 10.1 Å². The number of carbonyl (C=O) groups excluding carboxylic acids is 1. The van der Waals surface area contributed by atoms with E-state index in [1.54, 1.807) is 24.4 Å². The number of hydrogen-bond acceptors (Lipinski definition) is 3. The molecule has 0 aliphatic rings. The second-order valence-electron chi connectivity index (χ2n) is 5.62. The first-order chi connectivity index (χ1) is 11.7. The summed E-state index contributed by atoms with van der Waals surface area (Å²) >= 11 is 0. The van der Waals surface area contributed by atoms with Crippen LogP contribution in [0, 0.1) is 0 Å². The fraction of sp³-hybridized carbons (Fsp3) is 0.286. The van der Waals surface area contributed by atoms with Gasteiger partial charge in [0.25, 0.3) is 0 Å². The largest absolute Gasteiger partial charge is 0.494 e. The molecule has 0 saturated heterocycles. The molecule has 0 atom stereocenters. The molecule has 0 spiro atoms. The molecule has 0 amide bonds. The molecule has 0 aliphatic carbocycles. The first-order valence-electron chi connectivity index (χ1n) is 8.52. The van der Waals surface area contributed by atoms with E-state index in [2.05, 4.69) is 31.3 Å². The minimum absolute atomic E-state index is 0.0345. The number of anilines is 1. The van der Waals surface area contributed by atoms with E-state index in [9.17, 15) is 4.79 Å². The van der Waals surface area contributed by atoms with Crippen LogP contribution in [0.25, 0.3) is 0 Å². The molecular formula is C21H25NO2. The van der Waals surface area contributed by atoms with Crippen molar-refractivity contribution < 1.29 is 9.53 Å². The number of nitrogens with one attached hydrogen (secondary N) is 1. The lowest BCUT2D eigenvalue weighted by molar-refractivity contribution is 0.104. The van der Waals surface area contributed by atoms with Gasteiger partial charge in [-0.2, -0.15) is 0 Å². The van der Waals surface area contributed by atoms with Crippen molar-refractivity contribution in [2.75, 3.05) is 11.9 Å². The van der Waals surface area contributed by atoms with Crippen molar-refractivity contribution >= 4 is 11.5 Å². The van der Waals surface area contributed by atoms with Gasteiger partial charge in [0, 0.05) is 23.5 Å². The number of unbranched alkanes of at least 4 members (excludes halogenated alkanes) is 1. The van der Waals surface area contributed by atoms with Crippen molar-refractivity contribution in [3.63, 3.8) is 0 Å². The molecule has 24 heavy (non-hydrogen) atoms. The molecule has 0 radical (unpaired) electrons. The second kappa shape index (κ2) is 9.56. The topological polar surface area (TPSA) is 38.3 Å². The molecule has 0 aromatic heterocycles. The molecule has 0 saturated carbocycles. The van der Waals surface area contributed by atoms with Crippen LogP contribution in [0.5, 0.6) is 5.75 Å². The van der Waals surface area contributed by atoms with E-state index in [1.807, 2.05) is 24.3 Å². The molecular weight excluding hydrogens is 298 g/mol. The summed E-state index contributed by atoms with van der Waals surface area (Å²) in [4.78, 5) is 12.1. The Kier molecular flexibility index (Phi) is 7.09. The fourth-order valence-corrected chi connectivity index (χ4v) is 2.20. The average Bonchev–Trinajstić information content (AvgIpc) is 2.63. The monoisotopic (exact) mass is 323 g/mol. The van der Waals surface area contributed by atoms with Crippen molar-refractivity contribution in [2.24, 2.45) is 0 Å². The lowest BCUT2D eigenvalue weighted by Crippen LogP contribution is -1.99. The predicted octanol–water partition coefficient (Wildman–Crippen LogP) is 5.24. The van der Waals surface area contributed by atoms with E-state index < -0.39 is 0 Å². The number of ether oxygens (including phenoxy) is 1. The molecule has 126 valence electrons. The van der Waals surface area contributed by atoms with Crippen LogP contribution in [-0.2, 0) is 6.42 Å². The third kappa shape index (κ3) is 5.58. The van der Waals surface area contributed by atoms with Crippen LogP contribution in [0.15, 0.2) is 60.8 Å². The highest BCUT2D eigenvalue weighted by molar-refractivity contribution is 6.04. The summed E-state index contributed by atoms with van der Waals surface area (Å²) in [6, 6.07) is 15.5. The summed E-state index contributed by atoms with van der Waals surface area (Å²) in [6.07, 6.45) is 6.38. The molecule has 2 aromatic carbocycles. The van der Waals surface area contributed by atoms with Gasteiger partial charge in [-0.15, -0.1) is 0 Å². The lowest BCUT2D eigenvalue weighted by atomic mass is 10.1. The second-order valence-corrected chi connectivity index (χ2v) is 5.62. The maximum absolute atomic E-state index is 12.1. The third-order valence-corrected chi connectivity index (χ3v) is 3.75. The van der Waals surface area contributed by atoms with Crippen LogP contribution in [0.4, 0.5) is 5.69 Å². The van der Waals surface area contributed by atoms with Gasteiger partial charge in [0.2, 0.25) is 0 Å². The summed E-state index contributed by atoms with van der Waals surface area (Å²) in [7, 11) is 0. The summed E-state index contributed by atoms with van der Waals surface area (Å²) in [6.45, 7) is 4.97. The smallest absolute Gasteiger partial charge is 0.187 e. The predicted molar refractivity (Wildman–Crippen MR) is 99.8 cm³/mol. The van der Waals surface area contributed by atoms with Crippen molar-refractivity contribution in [1.82, 2.24) is 0 Å². The van der Waals surface area contributed by atoms with E-state index >= 15 is 0 Å². The van der Waals surface area contributed by atoms with Crippen molar-refractivity contribution in [3.05, 3.63) is 71.9 Å². The quantitative estimate of drug-likeness (QED) is 0.390. The standard InChI is InChI=1S/C21H25NO2/c1-3-5-16-24-20-12-8-18(9-13-20)21(23)14-15-22-19-10-6-17(4-2)7-11-19/h6-15,22H,3-5,16H2,1-2H3/b15-14+. The minimum atomic E-state index is -0.0345. The van der Waals surface area contributed by atoms with Gasteiger partial charge < -0.3 is 10.1 Å². The van der Waals surface area contributed by atoms with Gasteiger partial charge in [-0.25, -0.2) is 0 Å². The average molecular weight is 323 g/mol. The fourth-order valence-electron chi connectivity index (χ4n) is 2.20. The summed E-state index contributed by atoms with van der Waals surface area (Å²) in [5.41, 5.74) is 2.91. The highest BCUT2D eigenvalue weighted by Crippen LogP contribution is 2.14. The highest BCUT2D eigenvalue weighted by Gasteiger charge is 2.02. The number of ketones is 1. The van der Waals surface area contributed by atoms with Gasteiger partial charge in [0.1, 0.15) is 5.75 Å². The molecule has 2 aromatic rings. The van der Waals surface area contributed by atoms with Crippen LogP contribution in [0.3, 0.4) is 0 Å². The Hall–Kier alpha value is -2.55. The van der Waals surface area contributed by atoms with Crippen LogP contribution in [-0.4, -0.2) is 12.4 Å². The minimum Gasteiger partial charge on any atom is -0.494 e. The molecule has 0 heterocycles. The lowest BCUT2D eigenvalue weighted by Gasteiger charge is -2.05. The van der Waals surface area contributed by atoms with Gasteiger partial charge in [-0.05, 0) is 54.8 Å². The van der Waals surface area contributed by atoms with E-state index in [4.69, 9.17) is 4.74 Å². The number of carbonyl (C=O) groups is 1. The third-order valence-electron chi connectivity index (χ3n) is 3.75. The summed E-state index contributed by atoms with van der Waals surface area (Å²) in [5.74, 6) is 0.769. The molecule has 0 aliphatic heterocycles. The van der Waals surface area contributed by atoms with E-state index in [0.29, 0.717) is 12.2 Å². The Morgan fingerprint density at radius 3 is 2.38 bits per heavy atom. The van der Waals surface area contributed by atoms with Crippen LogP contribution in [0.1, 0.15) is 42.6 Å². The van der Waals surface area contributed by atoms with Gasteiger partial charge >= 0.3 is 0 Å².